The highest BCUT2D eigenvalue weighted by Gasteiger charge is 2.06. The van der Waals surface area contributed by atoms with E-state index in [9.17, 15) is 4.79 Å². The van der Waals surface area contributed by atoms with Gasteiger partial charge >= 0.3 is 5.97 Å². The monoisotopic (exact) mass is 375 g/mol. The maximum Gasteiger partial charge on any atom is 0.307 e. The zero-order valence-electron chi connectivity index (χ0n) is 18.0. The minimum Gasteiger partial charge on any atom is -0.466 e. The summed E-state index contributed by atoms with van der Waals surface area (Å²) in [6, 6.07) is 8.78. The van der Waals surface area contributed by atoms with Gasteiger partial charge in [-0.25, -0.2) is 0 Å². The highest BCUT2D eigenvalue weighted by atomic mass is 16.5. The van der Waals surface area contributed by atoms with Crippen molar-refractivity contribution in [2.75, 3.05) is 25.1 Å². The molecule has 1 rings (SSSR count). The lowest BCUT2D eigenvalue weighted by molar-refractivity contribution is -0.142. The van der Waals surface area contributed by atoms with E-state index in [1.165, 1.54) is 76.2 Å². The third kappa shape index (κ3) is 11.7. The van der Waals surface area contributed by atoms with Crippen LogP contribution >= 0.6 is 0 Å². The first-order valence-electron chi connectivity index (χ1n) is 11.1. The van der Waals surface area contributed by atoms with E-state index in [-0.39, 0.29) is 5.97 Å². The number of anilines is 1. The molecule has 3 nitrogen and oxygen atoms in total. The van der Waals surface area contributed by atoms with Crippen LogP contribution in [0.25, 0.3) is 0 Å². The summed E-state index contributed by atoms with van der Waals surface area (Å²) >= 11 is 0. The second-order valence-electron chi connectivity index (χ2n) is 7.58. The molecule has 0 fully saturated rings. The fourth-order valence-electron chi connectivity index (χ4n) is 3.35. The van der Waals surface area contributed by atoms with Crippen LogP contribution in [0.2, 0.25) is 0 Å². The van der Waals surface area contributed by atoms with Gasteiger partial charge in [0, 0.05) is 19.3 Å². The number of unbranched alkanes of at least 4 members (excludes halogenated alkanes) is 9. The summed E-state index contributed by atoms with van der Waals surface area (Å²) in [5.74, 6) is -0.123. The van der Waals surface area contributed by atoms with Gasteiger partial charge in [0.15, 0.2) is 0 Å². The predicted octanol–water partition coefficient (Wildman–Crippen LogP) is 6.54. The minimum atomic E-state index is -0.123. The molecule has 3 heteroatoms. The fraction of sp³-hybridized carbons (Fsp3) is 0.708. The van der Waals surface area contributed by atoms with E-state index in [1.807, 2.05) is 14.0 Å². The lowest BCUT2D eigenvalue weighted by atomic mass is 10.0. The summed E-state index contributed by atoms with van der Waals surface area (Å²) < 4.78 is 4.98. The van der Waals surface area contributed by atoms with Crippen LogP contribution in [-0.2, 0) is 16.0 Å². The Bertz CT molecular complexity index is 484. The predicted molar refractivity (Wildman–Crippen MR) is 117 cm³/mol. The quantitative estimate of drug-likeness (QED) is 0.243. The Balaban J connectivity index is 2.11. The van der Waals surface area contributed by atoms with Crippen LogP contribution < -0.4 is 4.90 Å². The molecule has 0 unspecified atom stereocenters. The molecular formula is C24H41NO2. The van der Waals surface area contributed by atoms with Gasteiger partial charge in [0.2, 0.25) is 0 Å². The first-order valence-corrected chi connectivity index (χ1v) is 11.1. The Kier molecular flexibility index (Phi) is 13.5. The zero-order valence-corrected chi connectivity index (χ0v) is 18.0. The van der Waals surface area contributed by atoms with Gasteiger partial charge < -0.3 is 9.64 Å². The van der Waals surface area contributed by atoms with Gasteiger partial charge in [-0.15, -0.1) is 0 Å². The van der Waals surface area contributed by atoms with Crippen molar-refractivity contribution in [2.24, 2.45) is 0 Å². The van der Waals surface area contributed by atoms with E-state index in [2.05, 4.69) is 36.1 Å². The Morgan fingerprint density at radius 3 is 1.96 bits per heavy atom. The van der Waals surface area contributed by atoms with Crippen molar-refractivity contribution in [1.29, 1.82) is 0 Å². The molecule has 0 spiro atoms. The maximum absolute atomic E-state index is 11.5. The van der Waals surface area contributed by atoms with Crippen LogP contribution in [0.1, 0.15) is 90.0 Å². The average molecular weight is 376 g/mol. The van der Waals surface area contributed by atoms with Gasteiger partial charge in [0.25, 0.3) is 0 Å². The standard InChI is InChI=1S/C24H41NO2/c1-4-6-7-8-9-10-11-12-13-14-15-22-16-18-23(19-17-22)25(3)21-20-24(26)27-5-2/h16-19H,4-15,20-21H2,1-3H3. The van der Waals surface area contributed by atoms with Crippen molar-refractivity contribution >= 4 is 11.7 Å². The first kappa shape index (κ1) is 23.5. The molecule has 0 radical (unpaired) electrons. The second-order valence-corrected chi connectivity index (χ2v) is 7.58. The van der Waals surface area contributed by atoms with Gasteiger partial charge in [0.1, 0.15) is 0 Å². The number of esters is 1. The Morgan fingerprint density at radius 2 is 1.41 bits per heavy atom. The molecule has 0 amide bonds. The number of rotatable bonds is 16. The van der Waals surface area contributed by atoms with Gasteiger partial charge in [0.05, 0.1) is 13.0 Å². The van der Waals surface area contributed by atoms with Crippen molar-refractivity contribution < 1.29 is 9.53 Å². The van der Waals surface area contributed by atoms with E-state index in [0.717, 1.165) is 5.69 Å². The number of hydrogen-bond acceptors (Lipinski definition) is 3. The number of ether oxygens (including phenoxy) is 1. The molecule has 1 aromatic carbocycles. The van der Waals surface area contributed by atoms with Gasteiger partial charge in [-0.2, -0.15) is 0 Å². The molecule has 0 heterocycles. The summed E-state index contributed by atoms with van der Waals surface area (Å²) in [6.07, 6.45) is 15.4. The van der Waals surface area contributed by atoms with Crippen LogP contribution in [-0.4, -0.2) is 26.2 Å². The van der Waals surface area contributed by atoms with Crippen LogP contribution in [0.5, 0.6) is 0 Å². The van der Waals surface area contributed by atoms with Crippen molar-refractivity contribution in [1.82, 2.24) is 0 Å². The molecule has 0 saturated carbocycles. The number of carbonyl (C=O) groups is 1. The van der Waals surface area contributed by atoms with E-state index < -0.39 is 0 Å². The molecular weight excluding hydrogens is 334 g/mol. The second kappa shape index (κ2) is 15.5. The third-order valence-electron chi connectivity index (χ3n) is 5.15. The molecule has 154 valence electrons. The zero-order chi connectivity index (χ0) is 19.7. The minimum absolute atomic E-state index is 0.123. The number of hydrogen-bond donors (Lipinski definition) is 0. The summed E-state index contributed by atoms with van der Waals surface area (Å²) in [6.45, 7) is 5.26. The van der Waals surface area contributed by atoms with Crippen molar-refractivity contribution in [2.45, 2.75) is 90.9 Å². The molecule has 0 aliphatic rings. The van der Waals surface area contributed by atoms with E-state index in [1.54, 1.807) is 0 Å². The van der Waals surface area contributed by atoms with Crippen LogP contribution in [0.3, 0.4) is 0 Å². The lowest BCUT2D eigenvalue weighted by Gasteiger charge is -2.19. The van der Waals surface area contributed by atoms with Gasteiger partial charge in [-0.1, -0.05) is 76.8 Å². The van der Waals surface area contributed by atoms with Crippen molar-refractivity contribution in [3.8, 4) is 0 Å². The van der Waals surface area contributed by atoms with Gasteiger partial charge in [-0.05, 0) is 37.5 Å². The summed E-state index contributed by atoms with van der Waals surface area (Å²) in [7, 11) is 2.02. The SMILES string of the molecule is CCCCCCCCCCCCc1ccc(N(C)CCC(=O)OCC)cc1. The summed E-state index contributed by atoms with van der Waals surface area (Å²) in [4.78, 5) is 13.6. The molecule has 0 aliphatic heterocycles. The Hall–Kier alpha value is -1.51. The van der Waals surface area contributed by atoms with Gasteiger partial charge in [-0.3, -0.25) is 4.79 Å². The average Bonchev–Trinajstić information content (AvgIpc) is 2.68. The summed E-state index contributed by atoms with van der Waals surface area (Å²) in [5.41, 5.74) is 2.57. The Morgan fingerprint density at radius 1 is 0.852 bits per heavy atom. The molecule has 0 atom stereocenters. The summed E-state index contributed by atoms with van der Waals surface area (Å²) in [5, 5.41) is 0. The third-order valence-corrected chi connectivity index (χ3v) is 5.15. The topological polar surface area (TPSA) is 29.5 Å². The van der Waals surface area contributed by atoms with Crippen LogP contribution in [0, 0.1) is 0 Å². The van der Waals surface area contributed by atoms with Crippen LogP contribution in [0.15, 0.2) is 24.3 Å². The smallest absolute Gasteiger partial charge is 0.307 e. The fourth-order valence-corrected chi connectivity index (χ4v) is 3.35. The molecule has 0 aromatic heterocycles. The maximum atomic E-state index is 11.5. The van der Waals surface area contributed by atoms with E-state index >= 15 is 0 Å². The lowest BCUT2D eigenvalue weighted by Crippen LogP contribution is -2.21. The molecule has 1 aromatic rings. The number of carbonyl (C=O) groups excluding carboxylic acids is 1. The largest absolute Gasteiger partial charge is 0.466 e. The number of benzene rings is 1. The number of aryl methyl sites for hydroxylation is 1. The molecule has 27 heavy (non-hydrogen) atoms. The molecule has 0 bridgehead atoms. The molecule has 0 N–H and O–H groups in total. The highest BCUT2D eigenvalue weighted by molar-refractivity contribution is 5.70. The molecule has 0 saturated heterocycles. The Labute approximate surface area is 167 Å². The van der Waals surface area contributed by atoms with Crippen molar-refractivity contribution in [3.63, 3.8) is 0 Å². The van der Waals surface area contributed by atoms with E-state index in [0.29, 0.717) is 19.6 Å². The highest BCUT2D eigenvalue weighted by Crippen LogP contribution is 2.17. The van der Waals surface area contributed by atoms with Crippen molar-refractivity contribution in [3.05, 3.63) is 29.8 Å². The number of nitrogens with zero attached hydrogens (tertiary/aromatic N) is 1. The van der Waals surface area contributed by atoms with Crippen LogP contribution in [0.4, 0.5) is 5.69 Å². The molecule has 0 aliphatic carbocycles. The normalized spacial score (nSPS) is 10.8. The van der Waals surface area contributed by atoms with E-state index in [4.69, 9.17) is 4.74 Å². The first-order chi connectivity index (χ1) is 13.2.